The zero-order valence-corrected chi connectivity index (χ0v) is 14.2. The van der Waals surface area contributed by atoms with Crippen LogP contribution in [-0.4, -0.2) is 26.2 Å². The average molecular weight is 394 g/mol. The molecule has 5 N–H and O–H groups in total. The molecule has 3 aromatic heterocycles. The van der Waals surface area contributed by atoms with Crippen LogP contribution in [0.2, 0.25) is 0 Å². The summed E-state index contributed by atoms with van der Waals surface area (Å²) in [5, 5.41) is 2.37. The van der Waals surface area contributed by atoms with Crippen LogP contribution in [0, 0.1) is 0 Å². The monoisotopic (exact) mass is 394 g/mol. The van der Waals surface area contributed by atoms with Crippen molar-refractivity contribution in [1.82, 2.24) is 14.4 Å². The summed E-state index contributed by atoms with van der Waals surface area (Å²) in [6.45, 7) is 1.21. The zero-order valence-electron chi connectivity index (χ0n) is 14.2. The number of pyridine rings is 2. The van der Waals surface area contributed by atoms with Gasteiger partial charge in [0.15, 0.2) is 11.5 Å². The van der Waals surface area contributed by atoms with Crippen LogP contribution in [0.1, 0.15) is 23.0 Å². The first-order chi connectivity index (χ1) is 13.1. The summed E-state index contributed by atoms with van der Waals surface area (Å²) in [6.07, 6.45) is -2.18. The molecule has 0 unspecified atom stereocenters. The number of aromatic nitrogens is 3. The molecule has 12 heteroatoms. The lowest BCUT2D eigenvalue weighted by molar-refractivity contribution is -0.137. The fraction of sp³-hybridized carbons (Fsp3) is 0.125. The third-order valence-corrected chi connectivity index (χ3v) is 3.77. The predicted octanol–water partition coefficient (Wildman–Crippen LogP) is 1.99. The predicted molar refractivity (Wildman–Crippen MR) is 91.7 cm³/mol. The number of nitrogens with one attached hydrogen (secondary N) is 1. The summed E-state index contributed by atoms with van der Waals surface area (Å²) in [7, 11) is 0. The van der Waals surface area contributed by atoms with Gasteiger partial charge in [0, 0.05) is 30.4 Å². The van der Waals surface area contributed by atoms with Gasteiger partial charge in [0.2, 0.25) is 5.91 Å². The molecule has 0 aliphatic carbocycles. The van der Waals surface area contributed by atoms with Crippen molar-refractivity contribution in [1.29, 1.82) is 0 Å². The van der Waals surface area contributed by atoms with Crippen LogP contribution >= 0.6 is 0 Å². The van der Waals surface area contributed by atoms with Gasteiger partial charge in [0.05, 0.1) is 5.56 Å². The van der Waals surface area contributed by atoms with Crippen LogP contribution in [0.25, 0.3) is 16.8 Å². The number of alkyl halides is 3. The number of hydrogen-bond donors (Lipinski definition) is 3. The molecule has 0 radical (unpaired) electrons. The van der Waals surface area contributed by atoms with E-state index in [0.29, 0.717) is 0 Å². The van der Waals surface area contributed by atoms with E-state index in [2.05, 4.69) is 20.1 Å². The van der Waals surface area contributed by atoms with Crippen LogP contribution in [0.3, 0.4) is 0 Å². The van der Waals surface area contributed by atoms with Crippen molar-refractivity contribution in [3.8, 4) is 11.1 Å². The van der Waals surface area contributed by atoms with Gasteiger partial charge in [0.25, 0.3) is 0 Å². The maximum absolute atomic E-state index is 13.1. The minimum Gasteiger partial charge on any atom is -0.383 e. The minimum absolute atomic E-state index is 0.102. The number of carbonyl (C=O) groups excluding carboxylic acids is 2. The van der Waals surface area contributed by atoms with E-state index >= 15 is 0 Å². The van der Waals surface area contributed by atoms with Crippen LogP contribution in [0.5, 0.6) is 0 Å². The fourth-order valence-electron chi connectivity index (χ4n) is 2.58. The SMILES string of the molecule is CC(=O)Nc1nc2ccc(-c3cnc(N)c(C(F)(F)F)c3)cn2c1C(=O)ON. The van der Waals surface area contributed by atoms with Crippen molar-refractivity contribution in [2.75, 3.05) is 11.1 Å². The minimum atomic E-state index is -4.68. The molecular formula is C16H13F3N6O3. The van der Waals surface area contributed by atoms with Crippen LogP contribution < -0.4 is 16.9 Å². The van der Waals surface area contributed by atoms with Crippen molar-refractivity contribution >= 4 is 29.2 Å². The van der Waals surface area contributed by atoms with Gasteiger partial charge in [-0.3, -0.25) is 9.20 Å². The molecule has 3 heterocycles. The molecule has 0 aliphatic rings. The van der Waals surface area contributed by atoms with Gasteiger partial charge in [-0.15, -0.1) is 0 Å². The van der Waals surface area contributed by atoms with Gasteiger partial charge >= 0.3 is 12.1 Å². The molecule has 0 saturated heterocycles. The Labute approximate surface area is 155 Å². The number of nitrogen functional groups attached to an aromatic ring is 1. The standard InChI is InChI=1S/C16H13F3N6O3/c1-7(26)23-14-12(15(27)28-21)25-6-8(2-3-11(25)24-14)9-4-10(16(17,18)19)13(20)22-5-9/h2-6H,21H2,1H3,(H2,20,22)(H,23,26). The van der Waals surface area contributed by atoms with Crippen molar-refractivity contribution in [3.05, 3.63) is 41.9 Å². The summed E-state index contributed by atoms with van der Waals surface area (Å²) in [5.74, 6) is 2.68. The Hall–Kier alpha value is -3.67. The van der Waals surface area contributed by atoms with Crippen molar-refractivity contribution < 1.29 is 27.6 Å². The molecule has 0 atom stereocenters. The third-order valence-electron chi connectivity index (χ3n) is 3.77. The molecule has 9 nitrogen and oxygen atoms in total. The Morgan fingerprint density at radius 2 is 1.96 bits per heavy atom. The van der Waals surface area contributed by atoms with E-state index < -0.39 is 29.4 Å². The number of amides is 1. The molecule has 3 rings (SSSR count). The van der Waals surface area contributed by atoms with Gasteiger partial charge in [-0.2, -0.15) is 19.1 Å². The Bertz CT molecular complexity index is 1090. The quantitative estimate of drug-likeness (QED) is 0.578. The third kappa shape index (κ3) is 3.44. The zero-order chi connectivity index (χ0) is 20.6. The number of nitrogens with zero attached hydrogens (tertiary/aromatic N) is 3. The number of rotatable bonds is 3. The molecule has 0 aliphatic heterocycles. The lowest BCUT2D eigenvalue weighted by atomic mass is 10.1. The lowest BCUT2D eigenvalue weighted by Gasteiger charge is -2.11. The van der Waals surface area contributed by atoms with Gasteiger partial charge in [0.1, 0.15) is 11.5 Å². The molecule has 0 fully saturated rings. The maximum atomic E-state index is 13.1. The van der Waals surface area contributed by atoms with E-state index in [9.17, 15) is 22.8 Å². The number of anilines is 2. The molecule has 3 aromatic rings. The van der Waals surface area contributed by atoms with Gasteiger partial charge < -0.3 is 15.9 Å². The largest absolute Gasteiger partial charge is 0.419 e. The smallest absolute Gasteiger partial charge is 0.383 e. The number of hydrogen-bond acceptors (Lipinski definition) is 7. The Morgan fingerprint density at radius 1 is 1.25 bits per heavy atom. The Balaban J connectivity index is 2.19. The number of fused-ring (bicyclic) bond motifs is 1. The maximum Gasteiger partial charge on any atom is 0.419 e. The second-order valence-corrected chi connectivity index (χ2v) is 5.70. The fourth-order valence-corrected chi connectivity index (χ4v) is 2.58. The first-order valence-electron chi connectivity index (χ1n) is 7.65. The number of imidazole rings is 1. The Morgan fingerprint density at radius 3 is 2.57 bits per heavy atom. The number of nitrogens with two attached hydrogens (primary N) is 2. The van der Waals surface area contributed by atoms with E-state index in [1.807, 2.05) is 0 Å². The van der Waals surface area contributed by atoms with Crippen molar-refractivity contribution in [2.45, 2.75) is 13.1 Å². The van der Waals surface area contributed by atoms with Crippen molar-refractivity contribution in [3.63, 3.8) is 0 Å². The first-order valence-corrected chi connectivity index (χ1v) is 7.65. The van der Waals surface area contributed by atoms with Crippen LogP contribution in [0.15, 0.2) is 30.6 Å². The van der Waals surface area contributed by atoms with E-state index in [4.69, 9.17) is 11.6 Å². The summed E-state index contributed by atoms with van der Waals surface area (Å²) in [6, 6.07) is 3.76. The second kappa shape index (κ2) is 6.81. The summed E-state index contributed by atoms with van der Waals surface area (Å²) in [5.41, 5.74) is 4.64. The number of carbonyl (C=O) groups is 2. The van der Waals surface area contributed by atoms with E-state index in [1.54, 1.807) is 0 Å². The first kappa shape index (κ1) is 19.1. The molecule has 0 bridgehead atoms. The highest BCUT2D eigenvalue weighted by atomic mass is 19.4. The molecule has 146 valence electrons. The highest BCUT2D eigenvalue weighted by Crippen LogP contribution is 2.35. The number of halogens is 3. The summed E-state index contributed by atoms with van der Waals surface area (Å²) < 4.78 is 40.5. The molecular weight excluding hydrogens is 381 g/mol. The molecule has 0 aromatic carbocycles. The molecule has 0 spiro atoms. The highest BCUT2D eigenvalue weighted by Gasteiger charge is 2.34. The topological polar surface area (TPSA) is 138 Å². The van der Waals surface area contributed by atoms with Crippen LogP contribution in [-0.2, 0) is 15.8 Å². The van der Waals surface area contributed by atoms with E-state index in [-0.39, 0.29) is 28.3 Å². The second-order valence-electron chi connectivity index (χ2n) is 5.70. The normalized spacial score (nSPS) is 11.5. The summed E-state index contributed by atoms with van der Waals surface area (Å²) in [4.78, 5) is 35.3. The Kier molecular flexibility index (Phi) is 4.65. The molecule has 0 saturated carbocycles. The van der Waals surface area contributed by atoms with Gasteiger partial charge in [-0.05, 0) is 18.2 Å². The van der Waals surface area contributed by atoms with Gasteiger partial charge in [-0.25, -0.2) is 14.8 Å². The average Bonchev–Trinajstić information content (AvgIpc) is 2.96. The van der Waals surface area contributed by atoms with E-state index in [0.717, 1.165) is 6.07 Å². The van der Waals surface area contributed by atoms with Crippen molar-refractivity contribution in [2.24, 2.45) is 5.90 Å². The highest BCUT2D eigenvalue weighted by molar-refractivity contribution is 5.99. The molecule has 1 amide bonds. The lowest BCUT2D eigenvalue weighted by Crippen LogP contribution is -2.16. The van der Waals surface area contributed by atoms with Gasteiger partial charge in [-0.1, -0.05) is 0 Å². The summed E-state index contributed by atoms with van der Waals surface area (Å²) >= 11 is 0. The van der Waals surface area contributed by atoms with E-state index in [1.165, 1.54) is 35.9 Å². The molecule has 28 heavy (non-hydrogen) atoms. The van der Waals surface area contributed by atoms with Crippen LogP contribution in [0.4, 0.5) is 24.8 Å².